The molecule has 82 valence electrons. The minimum atomic E-state index is -0.145. The van der Waals surface area contributed by atoms with Crippen LogP contribution in [-0.4, -0.2) is 17.4 Å². The highest BCUT2D eigenvalue weighted by Crippen LogP contribution is 2.22. The number of hydrogen-bond acceptors (Lipinski definition) is 2. The van der Waals surface area contributed by atoms with E-state index in [1.165, 1.54) is 0 Å². The Balaban J connectivity index is 2.63. The van der Waals surface area contributed by atoms with Crippen LogP contribution in [0.5, 0.6) is 0 Å². The zero-order valence-electron chi connectivity index (χ0n) is 8.83. The molecule has 0 aliphatic carbocycles. The average molecular weight is 235 g/mol. The Kier molecular flexibility index (Phi) is 3.06. The summed E-state index contributed by atoms with van der Waals surface area (Å²) in [6, 6.07) is 7.14. The number of carbonyl (C=O) groups is 1. The van der Waals surface area contributed by atoms with Crippen LogP contribution in [-0.2, 0) is 0 Å². The Hall–Kier alpha value is -1.61. The zero-order chi connectivity index (χ0) is 11.5. The summed E-state index contributed by atoms with van der Waals surface area (Å²) in [5, 5.41) is 4.16. The molecule has 0 spiro atoms. The molecular weight excluding hydrogens is 224 g/mol. The molecule has 1 aromatic heterocycles. The summed E-state index contributed by atoms with van der Waals surface area (Å²) in [4.78, 5) is 16.0. The first-order chi connectivity index (χ1) is 7.72. The number of fused-ring (bicyclic) bond motifs is 1. The van der Waals surface area contributed by atoms with Gasteiger partial charge in [-0.3, -0.25) is 9.78 Å². The van der Waals surface area contributed by atoms with Gasteiger partial charge in [-0.05, 0) is 25.1 Å². The maximum absolute atomic E-state index is 11.8. The lowest BCUT2D eigenvalue weighted by molar-refractivity contribution is 0.0957. The van der Waals surface area contributed by atoms with Crippen LogP contribution in [0.3, 0.4) is 0 Å². The molecule has 0 saturated carbocycles. The van der Waals surface area contributed by atoms with Crippen molar-refractivity contribution in [2.24, 2.45) is 0 Å². The summed E-state index contributed by atoms with van der Waals surface area (Å²) in [6.45, 7) is 2.46. The SMILES string of the molecule is CCNC(=O)c1cc(Cl)cc2cccnc12. The molecule has 3 nitrogen and oxygen atoms in total. The van der Waals surface area contributed by atoms with Crippen molar-refractivity contribution in [2.75, 3.05) is 6.54 Å². The molecule has 0 atom stereocenters. The molecule has 0 aliphatic heterocycles. The van der Waals surface area contributed by atoms with Gasteiger partial charge in [0.2, 0.25) is 0 Å². The normalized spacial score (nSPS) is 10.4. The van der Waals surface area contributed by atoms with Crippen LogP contribution in [0.25, 0.3) is 10.9 Å². The quantitative estimate of drug-likeness (QED) is 0.868. The Morgan fingerprint density at radius 1 is 1.50 bits per heavy atom. The molecule has 0 fully saturated rings. The third-order valence-corrected chi connectivity index (χ3v) is 2.47. The predicted molar refractivity (Wildman–Crippen MR) is 64.8 cm³/mol. The third kappa shape index (κ3) is 1.99. The Bertz CT molecular complexity index is 540. The van der Waals surface area contributed by atoms with E-state index in [2.05, 4.69) is 10.3 Å². The highest BCUT2D eigenvalue weighted by Gasteiger charge is 2.11. The molecule has 1 amide bonds. The summed E-state index contributed by atoms with van der Waals surface area (Å²) in [5.74, 6) is -0.145. The van der Waals surface area contributed by atoms with Gasteiger partial charge in [0.15, 0.2) is 0 Å². The van der Waals surface area contributed by atoms with Crippen molar-refractivity contribution >= 4 is 28.4 Å². The first-order valence-corrected chi connectivity index (χ1v) is 5.42. The van der Waals surface area contributed by atoms with Crippen molar-refractivity contribution in [1.29, 1.82) is 0 Å². The van der Waals surface area contributed by atoms with Gasteiger partial charge in [-0.15, -0.1) is 0 Å². The largest absolute Gasteiger partial charge is 0.352 e. The summed E-state index contributed by atoms with van der Waals surface area (Å²) in [7, 11) is 0. The molecule has 1 N–H and O–H groups in total. The van der Waals surface area contributed by atoms with E-state index in [-0.39, 0.29) is 5.91 Å². The minimum absolute atomic E-state index is 0.145. The van der Waals surface area contributed by atoms with Gasteiger partial charge in [0.25, 0.3) is 5.91 Å². The number of halogens is 1. The van der Waals surface area contributed by atoms with Gasteiger partial charge in [0.1, 0.15) is 0 Å². The number of amides is 1. The number of nitrogens with one attached hydrogen (secondary N) is 1. The fourth-order valence-electron chi connectivity index (χ4n) is 1.58. The number of nitrogens with zero attached hydrogens (tertiary/aromatic N) is 1. The summed E-state index contributed by atoms with van der Waals surface area (Å²) in [5.41, 5.74) is 1.20. The molecule has 2 rings (SSSR count). The summed E-state index contributed by atoms with van der Waals surface area (Å²) < 4.78 is 0. The van der Waals surface area contributed by atoms with Gasteiger partial charge in [-0.25, -0.2) is 0 Å². The maximum Gasteiger partial charge on any atom is 0.253 e. The first-order valence-electron chi connectivity index (χ1n) is 5.05. The van der Waals surface area contributed by atoms with Crippen molar-refractivity contribution in [3.05, 3.63) is 41.0 Å². The lowest BCUT2D eigenvalue weighted by atomic mass is 10.1. The molecule has 16 heavy (non-hydrogen) atoms. The van der Waals surface area contributed by atoms with Crippen LogP contribution in [0.4, 0.5) is 0 Å². The summed E-state index contributed by atoms with van der Waals surface area (Å²) >= 11 is 5.96. The van der Waals surface area contributed by atoms with E-state index in [1.54, 1.807) is 18.3 Å². The van der Waals surface area contributed by atoms with Crippen molar-refractivity contribution in [1.82, 2.24) is 10.3 Å². The highest BCUT2D eigenvalue weighted by molar-refractivity contribution is 6.32. The van der Waals surface area contributed by atoms with Gasteiger partial charge in [0.05, 0.1) is 11.1 Å². The standard InChI is InChI=1S/C12H11ClN2O/c1-2-14-12(16)10-7-9(13)6-8-4-3-5-15-11(8)10/h3-7H,2H2,1H3,(H,14,16). The zero-order valence-corrected chi connectivity index (χ0v) is 9.58. The fourth-order valence-corrected chi connectivity index (χ4v) is 1.81. The van der Waals surface area contributed by atoms with Crippen molar-refractivity contribution in [2.45, 2.75) is 6.92 Å². The van der Waals surface area contributed by atoms with Gasteiger partial charge in [0, 0.05) is 23.2 Å². The number of benzene rings is 1. The van der Waals surface area contributed by atoms with Crippen molar-refractivity contribution in [3.63, 3.8) is 0 Å². The van der Waals surface area contributed by atoms with Crippen LogP contribution in [0, 0.1) is 0 Å². The predicted octanol–water partition coefficient (Wildman–Crippen LogP) is 2.64. The van der Waals surface area contributed by atoms with Gasteiger partial charge >= 0.3 is 0 Å². The van der Waals surface area contributed by atoms with E-state index in [0.29, 0.717) is 22.6 Å². The second kappa shape index (κ2) is 4.49. The van der Waals surface area contributed by atoms with E-state index in [1.807, 2.05) is 19.1 Å². The number of aromatic nitrogens is 1. The smallest absolute Gasteiger partial charge is 0.253 e. The van der Waals surface area contributed by atoms with Crippen LogP contribution >= 0.6 is 11.6 Å². The van der Waals surface area contributed by atoms with Gasteiger partial charge < -0.3 is 5.32 Å². The van der Waals surface area contributed by atoms with Gasteiger partial charge in [-0.1, -0.05) is 17.7 Å². The lowest BCUT2D eigenvalue weighted by Crippen LogP contribution is -2.23. The lowest BCUT2D eigenvalue weighted by Gasteiger charge is -2.06. The molecule has 0 bridgehead atoms. The Labute approximate surface area is 98.4 Å². The van der Waals surface area contributed by atoms with E-state index >= 15 is 0 Å². The molecular formula is C12H11ClN2O. The van der Waals surface area contributed by atoms with E-state index in [4.69, 9.17) is 11.6 Å². The van der Waals surface area contributed by atoms with E-state index < -0.39 is 0 Å². The second-order valence-corrected chi connectivity index (χ2v) is 3.82. The molecule has 0 saturated heterocycles. The van der Waals surface area contributed by atoms with Crippen LogP contribution in [0.1, 0.15) is 17.3 Å². The molecule has 1 heterocycles. The fraction of sp³-hybridized carbons (Fsp3) is 0.167. The van der Waals surface area contributed by atoms with Crippen LogP contribution < -0.4 is 5.32 Å². The Morgan fingerprint density at radius 3 is 3.06 bits per heavy atom. The number of hydrogen-bond donors (Lipinski definition) is 1. The summed E-state index contributed by atoms with van der Waals surface area (Å²) in [6.07, 6.45) is 1.67. The average Bonchev–Trinajstić information content (AvgIpc) is 2.28. The molecule has 1 aromatic carbocycles. The van der Waals surface area contributed by atoms with Crippen LogP contribution in [0.15, 0.2) is 30.5 Å². The first kappa shape index (κ1) is 10.9. The molecule has 2 aromatic rings. The number of carbonyl (C=O) groups excluding carboxylic acids is 1. The monoisotopic (exact) mass is 234 g/mol. The number of rotatable bonds is 2. The molecule has 4 heteroatoms. The maximum atomic E-state index is 11.8. The molecule has 0 aliphatic rings. The van der Waals surface area contributed by atoms with Crippen molar-refractivity contribution in [3.8, 4) is 0 Å². The second-order valence-electron chi connectivity index (χ2n) is 3.39. The van der Waals surface area contributed by atoms with E-state index in [0.717, 1.165) is 5.39 Å². The minimum Gasteiger partial charge on any atom is -0.352 e. The van der Waals surface area contributed by atoms with Crippen LogP contribution in [0.2, 0.25) is 5.02 Å². The Morgan fingerprint density at radius 2 is 2.31 bits per heavy atom. The molecule has 0 radical (unpaired) electrons. The number of pyridine rings is 1. The third-order valence-electron chi connectivity index (χ3n) is 2.25. The van der Waals surface area contributed by atoms with Gasteiger partial charge in [-0.2, -0.15) is 0 Å². The van der Waals surface area contributed by atoms with E-state index in [9.17, 15) is 4.79 Å². The molecule has 0 unspecified atom stereocenters. The van der Waals surface area contributed by atoms with Crippen molar-refractivity contribution < 1.29 is 4.79 Å². The topological polar surface area (TPSA) is 42.0 Å². The highest BCUT2D eigenvalue weighted by atomic mass is 35.5.